The Hall–Kier alpha value is -4.18. The number of benzene rings is 3. The number of sulfonamides is 1. The molecule has 0 spiro atoms. The van der Waals surface area contributed by atoms with Crippen LogP contribution in [0.15, 0.2) is 77.7 Å². The van der Waals surface area contributed by atoms with E-state index in [4.69, 9.17) is 0 Å². The molecule has 3 aromatic carbocycles. The SMILES string of the molecule is O=C(O)c1cc(Nc2nc3ccccc3nc2NS(=O)(=O)c2ccccc2)ccc1[O-]. The number of para-hydroxylation sites is 2. The van der Waals surface area contributed by atoms with E-state index in [1.807, 2.05) is 0 Å². The van der Waals surface area contributed by atoms with Crippen molar-refractivity contribution in [2.45, 2.75) is 4.90 Å². The zero-order chi connectivity index (χ0) is 22.0. The molecule has 9 nitrogen and oxygen atoms in total. The quantitative estimate of drug-likeness (QED) is 0.419. The van der Waals surface area contributed by atoms with Crippen molar-refractivity contribution in [3.05, 3.63) is 78.4 Å². The van der Waals surface area contributed by atoms with Crippen molar-refractivity contribution in [2.24, 2.45) is 0 Å². The lowest BCUT2D eigenvalue weighted by atomic mass is 10.2. The Balaban J connectivity index is 1.79. The first-order valence-corrected chi connectivity index (χ1v) is 10.5. The fourth-order valence-electron chi connectivity index (χ4n) is 2.86. The Morgan fingerprint density at radius 2 is 1.48 bits per heavy atom. The summed E-state index contributed by atoms with van der Waals surface area (Å²) in [5.74, 6) is -2.05. The molecule has 4 rings (SSSR count). The number of nitrogens with one attached hydrogen (secondary N) is 2. The van der Waals surface area contributed by atoms with Crippen molar-refractivity contribution in [1.29, 1.82) is 0 Å². The molecule has 3 N–H and O–H groups in total. The van der Waals surface area contributed by atoms with Crippen LogP contribution >= 0.6 is 0 Å². The molecule has 1 aromatic heterocycles. The summed E-state index contributed by atoms with van der Waals surface area (Å²) in [6.45, 7) is 0. The first-order valence-electron chi connectivity index (χ1n) is 8.99. The van der Waals surface area contributed by atoms with E-state index in [1.165, 1.54) is 18.2 Å². The summed E-state index contributed by atoms with van der Waals surface area (Å²) in [4.78, 5) is 20.1. The van der Waals surface area contributed by atoms with Gasteiger partial charge in [0.25, 0.3) is 10.0 Å². The van der Waals surface area contributed by atoms with Gasteiger partial charge >= 0.3 is 5.97 Å². The normalized spacial score (nSPS) is 11.2. The van der Waals surface area contributed by atoms with Crippen LogP contribution < -0.4 is 15.1 Å². The van der Waals surface area contributed by atoms with Gasteiger partial charge in [0, 0.05) is 5.69 Å². The second-order valence-electron chi connectivity index (χ2n) is 6.47. The third-order valence-electron chi connectivity index (χ3n) is 4.33. The fraction of sp³-hybridized carbons (Fsp3) is 0. The molecule has 31 heavy (non-hydrogen) atoms. The van der Waals surface area contributed by atoms with Crippen molar-refractivity contribution >= 4 is 44.3 Å². The van der Waals surface area contributed by atoms with E-state index >= 15 is 0 Å². The Kier molecular flexibility index (Phi) is 5.14. The maximum atomic E-state index is 12.8. The number of aromatic carboxylic acids is 1. The second-order valence-corrected chi connectivity index (χ2v) is 8.15. The summed E-state index contributed by atoms with van der Waals surface area (Å²) in [5.41, 5.74) is 0.762. The van der Waals surface area contributed by atoms with Crippen LogP contribution in [0.1, 0.15) is 10.4 Å². The topological polar surface area (TPSA) is 144 Å². The molecule has 0 saturated carbocycles. The Bertz CT molecular complexity index is 1390. The van der Waals surface area contributed by atoms with Gasteiger partial charge in [-0.15, -0.1) is 0 Å². The highest BCUT2D eigenvalue weighted by Crippen LogP contribution is 2.28. The molecule has 0 amide bonds. The monoisotopic (exact) mass is 435 g/mol. The van der Waals surface area contributed by atoms with Crippen LogP contribution in [0, 0.1) is 0 Å². The van der Waals surface area contributed by atoms with Crippen molar-refractivity contribution in [3.8, 4) is 5.75 Å². The van der Waals surface area contributed by atoms with E-state index in [0.29, 0.717) is 11.0 Å². The Labute approximate surface area is 177 Å². The van der Waals surface area contributed by atoms with Crippen molar-refractivity contribution in [3.63, 3.8) is 0 Å². The van der Waals surface area contributed by atoms with Crippen molar-refractivity contribution in [1.82, 2.24) is 9.97 Å². The van der Waals surface area contributed by atoms with Crippen LogP contribution in [0.3, 0.4) is 0 Å². The molecule has 0 fully saturated rings. The molecule has 0 aliphatic carbocycles. The molecule has 0 aliphatic rings. The van der Waals surface area contributed by atoms with Crippen LogP contribution in [0.5, 0.6) is 5.75 Å². The van der Waals surface area contributed by atoms with Gasteiger partial charge < -0.3 is 15.5 Å². The van der Waals surface area contributed by atoms with Gasteiger partial charge in [-0.2, -0.15) is 0 Å². The second kappa shape index (κ2) is 7.92. The molecule has 0 atom stereocenters. The summed E-state index contributed by atoms with van der Waals surface area (Å²) < 4.78 is 28.0. The summed E-state index contributed by atoms with van der Waals surface area (Å²) in [6.07, 6.45) is 0. The fourth-order valence-corrected chi connectivity index (χ4v) is 3.89. The molecule has 0 unspecified atom stereocenters. The van der Waals surface area contributed by atoms with Gasteiger partial charge in [-0.3, -0.25) is 4.72 Å². The number of hydrogen-bond acceptors (Lipinski definition) is 7. The van der Waals surface area contributed by atoms with Crippen LogP contribution in [-0.4, -0.2) is 29.5 Å². The Morgan fingerprint density at radius 3 is 2.13 bits per heavy atom. The van der Waals surface area contributed by atoms with Crippen LogP contribution in [0.2, 0.25) is 0 Å². The number of aromatic nitrogens is 2. The summed E-state index contributed by atoms with van der Waals surface area (Å²) in [6, 6.07) is 18.3. The van der Waals surface area contributed by atoms with Gasteiger partial charge in [0.05, 0.1) is 21.5 Å². The van der Waals surface area contributed by atoms with Gasteiger partial charge in [-0.25, -0.2) is 23.2 Å². The predicted octanol–water partition coefficient (Wildman–Crippen LogP) is 2.95. The van der Waals surface area contributed by atoms with Gasteiger partial charge in [-0.05, 0) is 36.4 Å². The third kappa shape index (κ3) is 4.23. The van der Waals surface area contributed by atoms with Crippen LogP contribution in [-0.2, 0) is 10.0 Å². The lowest BCUT2D eigenvalue weighted by molar-refractivity contribution is -0.268. The largest absolute Gasteiger partial charge is 0.872 e. The highest BCUT2D eigenvalue weighted by atomic mass is 32.2. The highest BCUT2D eigenvalue weighted by Gasteiger charge is 2.19. The van der Waals surface area contributed by atoms with Gasteiger partial charge in [0.2, 0.25) is 0 Å². The number of carboxylic acids is 1. The van der Waals surface area contributed by atoms with Gasteiger partial charge in [0.1, 0.15) is 0 Å². The third-order valence-corrected chi connectivity index (χ3v) is 5.68. The van der Waals surface area contributed by atoms with Crippen LogP contribution in [0.25, 0.3) is 11.0 Å². The number of carboxylic acid groups (broad SMARTS) is 1. The zero-order valence-corrected chi connectivity index (χ0v) is 16.6. The number of fused-ring (bicyclic) bond motifs is 1. The van der Waals surface area contributed by atoms with Crippen molar-refractivity contribution in [2.75, 3.05) is 10.0 Å². The lowest BCUT2D eigenvalue weighted by Gasteiger charge is -2.16. The standard InChI is InChI=1S/C21H16N4O5S/c26-18-11-10-13(12-15(18)21(27)28)22-19-20(24-17-9-5-4-8-16(17)23-19)25-31(29,30)14-6-2-1-3-7-14/h1-12,26H,(H,22,23)(H,24,25)(H,27,28)/p-1. The number of carbonyl (C=O) groups is 1. The van der Waals surface area contributed by atoms with E-state index in [2.05, 4.69) is 20.0 Å². The molecule has 0 bridgehead atoms. The average Bonchev–Trinajstić information content (AvgIpc) is 2.75. The van der Waals surface area contributed by atoms with Gasteiger partial charge in [-0.1, -0.05) is 42.1 Å². The minimum atomic E-state index is -3.96. The number of anilines is 3. The zero-order valence-electron chi connectivity index (χ0n) is 15.8. The lowest BCUT2D eigenvalue weighted by Crippen LogP contribution is -2.16. The molecular weight excluding hydrogens is 420 g/mol. The number of nitrogens with zero attached hydrogens (tertiary/aromatic N) is 2. The maximum absolute atomic E-state index is 12.8. The number of rotatable bonds is 6. The van der Waals surface area contributed by atoms with Gasteiger partial charge in [0.15, 0.2) is 11.6 Å². The minimum absolute atomic E-state index is 0.0415. The molecule has 4 aromatic rings. The highest BCUT2D eigenvalue weighted by molar-refractivity contribution is 7.92. The van der Waals surface area contributed by atoms with E-state index < -0.39 is 27.3 Å². The van der Waals surface area contributed by atoms with Crippen molar-refractivity contribution < 1.29 is 23.4 Å². The molecule has 156 valence electrons. The molecule has 10 heteroatoms. The van der Waals surface area contributed by atoms with E-state index in [-0.39, 0.29) is 22.2 Å². The molecular formula is C21H15N4O5S-. The average molecular weight is 435 g/mol. The molecule has 0 radical (unpaired) electrons. The predicted molar refractivity (Wildman–Crippen MR) is 113 cm³/mol. The summed E-state index contributed by atoms with van der Waals surface area (Å²) in [7, 11) is -3.96. The van der Waals surface area contributed by atoms with E-state index in [9.17, 15) is 23.4 Å². The molecule has 0 saturated heterocycles. The molecule has 1 heterocycles. The number of hydrogen-bond donors (Lipinski definition) is 3. The van der Waals surface area contributed by atoms with E-state index in [0.717, 1.165) is 12.1 Å². The first-order chi connectivity index (χ1) is 14.8. The maximum Gasteiger partial charge on any atom is 0.335 e. The summed E-state index contributed by atoms with van der Waals surface area (Å²) in [5, 5.41) is 23.8. The smallest absolute Gasteiger partial charge is 0.335 e. The molecule has 0 aliphatic heterocycles. The van der Waals surface area contributed by atoms with Crippen LogP contribution in [0.4, 0.5) is 17.3 Å². The first kappa shape index (κ1) is 20.1. The Morgan fingerprint density at radius 1 is 0.871 bits per heavy atom. The van der Waals surface area contributed by atoms with E-state index in [1.54, 1.807) is 42.5 Å². The summed E-state index contributed by atoms with van der Waals surface area (Å²) >= 11 is 0. The minimum Gasteiger partial charge on any atom is -0.872 e.